The smallest absolute Gasteiger partial charge is 0.265 e. The maximum absolute atomic E-state index is 13.1. The molecule has 0 saturated carbocycles. The van der Waals surface area contributed by atoms with Crippen LogP contribution in [0.1, 0.15) is 46.3 Å². The van der Waals surface area contributed by atoms with Crippen molar-refractivity contribution in [1.82, 2.24) is 24.8 Å². The summed E-state index contributed by atoms with van der Waals surface area (Å²) in [5, 5.41) is 0.694. The van der Waals surface area contributed by atoms with E-state index in [1.54, 1.807) is 18.5 Å². The second-order valence-corrected chi connectivity index (χ2v) is 8.97. The van der Waals surface area contributed by atoms with Crippen molar-refractivity contribution in [2.45, 2.75) is 33.2 Å². The van der Waals surface area contributed by atoms with Crippen LogP contribution in [-0.4, -0.2) is 56.8 Å². The average molecular weight is 422 g/mol. The Morgan fingerprint density at radius 3 is 2.37 bits per heavy atom. The second kappa shape index (κ2) is 9.02. The minimum Gasteiger partial charge on any atom is -0.335 e. The number of aryl methyl sites for hydroxylation is 1. The maximum Gasteiger partial charge on any atom is 0.265 e. The highest BCUT2D eigenvalue weighted by atomic mass is 32.1. The number of aromatic nitrogens is 3. The first-order chi connectivity index (χ1) is 14.5. The van der Waals surface area contributed by atoms with Crippen molar-refractivity contribution in [3.63, 3.8) is 0 Å². The minimum atomic E-state index is 0.0631. The molecular weight excluding hydrogens is 394 g/mol. The molecular formula is C23H27N5OS. The zero-order chi connectivity index (χ0) is 21.1. The van der Waals surface area contributed by atoms with Crippen LogP contribution >= 0.6 is 11.3 Å². The van der Waals surface area contributed by atoms with E-state index in [0.717, 1.165) is 38.4 Å². The molecule has 1 saturated heterocycles. The Balaban J connectivity index is 1.36. The van der Waals surface area contributed by atoms with Gasteiger partial charge in [-0.05, 0) is 30.0 Å². The molecule has 156 valence electrons. The molecule has 6 nitrogen and oxygen atoms in total. The molecule has 0 N–H and O–H groups in total. The molecule has 1 aliphatic rings. The van der Waals surface area contributed by atoms with Crippen LogP contribution in [0.4, 0.5) is 0 Å². The molecule has 0 radical (unpaired) electrons. The fourth-order valence-corrected chi connectivity index (χ4v) is 4.60. The van der Waals surface area contributed by atoms with Gasteiger partial charge in [0, 0.05) is 45.1 Å². The maximum atomic E-state index is 13.1. The summed E-state index contributed by atoms with van der Waals surface area (Å²) in [5.74, 6) is 1.18. The highest BCUT2D eigenvalue weighted by Gasteiger charge is 2.26. The van der Waals surface area contributed by atoms with Gasteiger partial charge in [-0.2, -0.15) is 0 Å². The Morgan fingerprint density at radius 2 is 1.73 bits per heavy atom. The van der Waals surface area contributed by atoms with Crippen LogP contribution in [0.2, 0.25) is 0 Å². The predicted molar refractivity (Wildman–Crippen MR) is 120 cm³/mol. The van der Waals surface area contributed by atoms with Crippen molar-refractivity contribution < 1.29 is 4.79 Å². The first-order valence-electron chi connectivity index (χ1n) is 10.4. The zero-order valence-corrected chi connectivity index (χ0v) is 18.5. The van der Waals surface area contributed by atoms with Crippen molar-refractivity contribution in [3.05, 3.63) is 64.4 Å². The lowest BCUT2D eigenvalue weighted by Crippen LogP contribution is -2.48. The Labute approximate surface area is 181 Å². The van der Waals surface area contributed by atoms with E-state index in [4.69, 9.17) is 0 Å². The Kier molecular flexibility index (Phi) is 6.20. The molecule has 7 heteroatoms. The highest BCUT2D eigenvalue weighted by molar-refractivity contribution is 7.17. The van der Waals surface area contributed by atoms with Gasteiger partial charge in [0.05, 0.1) is 5.69 Å². The molecule has 1 amide bonds. The minimum absolute atomic E-state index is 0.0631. The van der Waals surface area contributed by atoms with Crippen LogP contribution in [0.25, 0.3) is 10.8 Å². The predicted octanol–water partition coefficient (Wildman–Crippen LogP) is 3.99. The normalized spacial score (nSPS) is 15.0. The van der Waals surface area contributed by atoms with E-state index in [-0.39, 0.29) is 5.91 Å². The average Bonchev–Trinajstić information content (AvgIpc) is 3.16. The molecule has 0 unspecified atom stereocenters. The lowest BCUT2D eigenvalue weighted by molar-refractivity contribution is 0.0632. The van der Waals surface area contributed by atoms with Gasteiger partial charge in [-0.1, -0.05) is 38.1 Å². The topological polar surface area (TPSA) is 62.2 Å². The van der Waals surface area contributed by atoms with Crippen LogP contribution in [-0.2, 0) is 6.54 Å². The number of carbonyl (C=O) groups excluding carboxylic acids is 1. The van der Waals surface area contributed by atoms with E-state index in [9.17, 15) is 4.79 Å². The summed E-state index contributed by atoms with van der Waals surface area (Å²) >= 11 is 1.38. The van der Waals surface area contributed by atoms with Gasteiger partial charge >= 0.3 is 0 Å². The van der Waals surface area contributed by atoms with Gasteiger partial charge in [0.2, 0.25) is 0 Å². The van der Waals surface area contributed by atoms with E-state index in [1.807, 2.05) is 11.8 Å². The molecule has 0 bridgehead atoms. The molecule has 2 aromatic heterocycles. The fourth-order valence-electron chi connectivity index (χ4n) is 3.62. The summed E-state index contributed by atoms with van der Waals surface area (Å²) in [6.45, 7) is 10.5. The molecule has 1 fully saturated rings. The monoisotopic (exact) mass is 421 g/mol. The number of nitrogens with zero attached hydrogens (tertiary/aromatic N) is 5. The van der Waals surface area contributed by atoms with E-state index in [1.165, 1.54) is 22.5 Å². The molecule has 1 aliphatic heterocycles. The lowest BCUT2D eigenvalue weighted by Gasteiger charge is -2.34. The standard InChI is InChI=1S/C23H27N5OS/c1-16(2)19-7-5-18(6-8-19)15-27-11-13-28(14-12-27)23(29)20-17(3)26-22(30-20)21-24-9-4-10-25-21/h4-10,16H,11-15H2,1-3H3. The summed E-state index contributed by atoms with van der Waals surface area (Å²) in [5.41, 5.74) is 3.44. The third-order valence-electron chi connectivity index (χ3n) is 5.46. The number of hydrogen-bond acceptors (Lipinski definition) is 6. The van der Waals surface area contributed by atoms with E-state index < -0.39 is 0 Å². The van der Waals surface area contributed by atoms with E-state index in [2.05, 4.69) is 58.0 Å². The van der Waals surface area contributed by atoms with Gasteiger partial charge in [-0.15, -0.1) is 11.3 Å². The quantitative estimate of drug-likeness (QED) is 0.623. The fraction of sp³-hybridized carbons (Fsp3) is 0.391. The zero-order valence-electron chi connectivity index (χ0n) is 17.7. The summed E-state index contributed by atoms with van der Waals surface area (Å²) < 4.78 is 0. The van der Waals surface area contributed by atoms with Crippen LogP contribution < -0.4 is 0 Å². The molecule has 3 heterocycles. The van der Waals surface area contributed by atoms with Crippen molar-refractivity contribution in [2.24, 2.45) is 0 Å². The summed E-state index contributed by atoms with van der Waals surface area (Å²) in [4.78, 5) is 31.1. The lowest BCUT2D eigenvalue weighted by atomic mass is 10.0. The Bertz CT molecular complexity index is 992. The summed E-state index contributed by atoms with van der Waals surface area (Å²) in [6, 6.07) is 10.7. The number of rotatable bonds is 5. The van der Waals surface area contributed by atoms with Gasteiger partial charge in [-0.3, -0.25) is 9.69 Å². The van der Waals surface area contributed by atoms with Crippen LogP contribution in [0, 0.1) is 6.92 Å². The first kappa shape index (κ1) is 20.6. The third-order valence-corrected chi connectivity index (χ3v) is 6.60. The molecule has 0 spiro atoms. The van der Waals surface area contributed by atoms with Crippen molar-refractivity contribution >= 4 is 17.2 Å². The molecule has 3 aromatic rings. The largest absolute Gasteiger partial charge is 0.335 e. The van der Waals surface area contributed by atoms with Crippen molar-refractivity contribution in [2.75, 3.05) is 26.2 Å². The van der Waals surface area contributed by atoms with Crippen LogP contribution in [0.3, 0.4) is 0 Å². The number of amides is 1. The Morgan fingerprint density at radius 1 is 1.07 bits per heavy atom. The molecule has 4 rings (SSSR count). The van der Waals surface area contributed by atoms with Crippen LogP contribution in [0.5, 0.6) is 0 Å². The number of benzene rings is 1. The SMILES string of the molecule is Cc1nc(-c2ncccn2)sc1C(=O)N1CCN(Cc2ccc(C(C)C)cc2)CC1. The van der Waals surface area contributed by atoms with Gasteiger partial charge in [0.1, 0.15) is 4.88 Å². The molecule has 1 aromatic carbocycles. The van der Waals surface area contributed by atoms with E-state index in [0.29, 0.717) is 21.6 Å². The molecule has 30 heavy (non-hydrogen) atoms. The number of carbonyl (C=O) groups is 1. The van der Waals surface area contributed by atoms with Crippen molar-refractivity contribution in [1.29, 1.82) is 0 Å². The Hall–Kier alpha value is -2.64. The van der Waals surface area contributed by atoms with Gasteiger partial charge in [0.15, 0.2) is 10.8 Å². The van der Waals surface area contributed by atoms with Gasteiger partial charge < -0.3 is 4.90 Å². The number of hydrogen-bond donors (Lipinski definition) is 0. The van der Waals surface area contributed by atoms with Crippen molar-refractivity contribution in [3.8, 4) is 10.8 Å². The first-order valence-corrected chi connectivity index (χ1v) is 11.2. The molecule has 0 atom stereocenters. The van der Waals surface area contributed by atoms with E-state index >= 15 is 0 Å². The number of thiazole rings is 1. The molecule has 0 aliphatic carbocycles. The summed E-state index contributed by atoms with van der Waals surface area (Å²) in [7, 11) is 0. The third kappa shape index (κ3) is 4.57. The highest BCUT2D eigenvalue weighted by Crippen LogP contribution is 2.27. The second-order valence-electron chi connectivity index (χ2n) is 7.97. The van der Waals surface area contributed by atoms with Crippen LogP contribution in [0.15, 0.2) is 42.7 Å². The summed E-state index contributed by atoms with van der Waals surface area (Å²) in [6.07, 6.45) is 3.38. The van der Waals surface area contributed by atoms with Gasteiger partial charge in [-0.25, -0.2) is 15.0 Å². The van der Waals surface area contributed by atoms with Gasteiger partial charge in [0.25, 0.3) is 5.91 Å². The number of piperazine rings is 1.